The number of alkyl halides is 3. The highest BCUT2D eigenvalue weighted by atomic mass is 19.4. The Morgan fingerprint density at radius 2 is 2.07 bits per heavy atom. The van der Waals surface area contributed by atoms with Crippen LogP contribution in [0.3, 0.4) is 0 Å². The molecule has 0 unspecified atom stereocenters. The van der Waals surface area contributed by atoms with Gasteiger partial charge in [0.15, 0.2) is 23.7 Å². The summed E-state index contributed by atoms with van der Waals surface area (Å²) in [5.74, 6) is -1.69. The Balaban J connectivity index is 1.62. The minimum absolute atomic E-state index is 0.120. The predicted octanol–water partition coefficient (Wildman–Crippen LogP) is 3.35. The standard InChI is InChI=1S/C18H12F3N5O3/c19-18(20,21)15-14(28-8-24-15)17(27)26-6-5-10-12(23-7-22-10)13(26)16-25-9-3-1-2-4-11(9)29-16/h1-4,7-8,13H,5-6H2,(H,22,23)/t13-/m0/s1. The Labute approximate surface area is 160 Å². The Morgan fingerprint density at radius 1 is 1.24 bits per heavy atom. The third-order valence-corrected chi connectivity index (χ3v) is 4.76. The molecule has 0 saturated carbocycles. The van der Waals surface area contributed by atoms with Gasteiger partial charge in [0, 0.05) is 18.7 Å². The van der Waals surface area contributed by atoms with Crippen molar-refractivity contribution in [3.8, 4) is 0 Å². The van der Waals surface area contributed by atoms with Gasteiger partial charge in [0.2, 0.25) is 11.7 Å². The average molecular weight is 403 g/mol. The molecule has 4 aromatic rings. The van der Waals surface area contributed by atoms with Crippen LogP contribution in [0, 0.1) is 0 Å². The third-order valence-electron chi connectivity index (χ3n) is 4.76. The van der Waals surface area contributed by atoms with Crippen LogP contribution in [-0.4, -0.2) is 37.3 Å². The van der Waals surface area contributed by atoms with E-state index >= 15 is 0 Å². The van der Waals surface area contributed by atoms with Gasteiger partial charge in [-0.3, -0.25) is 4.79 Å². The van der Waals surface area contributed by atoms with E-state index in [2.05, 4.69) is 19.9 Å². The number of aromatic amines is 1. The number of halogens is 3. The van der Waals surface area contributed by atoms with E-state index in [0.717, 1.165) is 5.69 Å². The second kappa shape index (κ2) is 6.19. The first-order valence-corrected chi connectivity index (χ1v) is 8.62. The maximum absolute atomic E-state index is 13.2. The molecule has 4 heterocycles. The van der Waals surface area contributed by atoms with E-state index in [0.29, 0.717) is 29.6 Å². The molecule has 1 aromatic carbocycles. The van der Waals surface area contributed by atoms with Gasteiger partial charge < -0.3 is 18.7 Å². The SMILES string of the molecule is O=C(c1ocnc1C(F)(F)F)N1CCc2[nH]cnc2[C@H]1c1nc2ccccc2o1. The van der Waals surface area contributed by atoms with Crippen LogP contribution in [0.1, 0.15) is 39.6 Å². The van der Waals surface area contributed by atoms with Crippen molar-refractivity contribution in [3.05, 3.63) is 65.7 Å². The van der Waals surface area contributed by atoms with Crippen molar-refractivity contribution in [1.29, 1.82) is 0 Å². The molecule has 0 fully saturated rings. The molecule has 1 amide bonds. The fraction of sp³-hybridized carbons (Fsp3) is 0.222. The number of fused-ring (bicyclic) bond motifs is 2. The van der Waals surface area contributed by atoms with Gasteiger partial charge in [-0.25, -0.2) is 15.0 Å². The summed E-state index contributed by atoms with van der Waals surface area (Å²) in [5, 5.41) is 0. The van der Waals surface area contributed by atoms with Crippen molar-refractivity contribution in [2.75, 3.05) is 6.54 Å². The summed E-state index contributed by atoms with van der Waals surface area (Å²) in [7, 11) is 0. The molecular formula is C18H12F3N5O3. The molecule has 0 saturated heterocycles. The number of nitrogens with zero attached hydrogens (tertiary/aromatic N) is 4. The average Bonchev–Trinajstić information content (AvgIpc) is 3.44. The van der Waals surface area contributed by atoms with Crippen molar-refractivity contribution < 1.29 is 26.8 Å². The number of H-pyrrole nitrogens is 1. The Hall–Kier alpha value is -3.63. The van der Waals surface area contributed by atoms with Crippen LogP contribution in [0.15, 0.2) is 45.8 Å². The lowest BCUT2D eigenvalue weighted by Gasteiger charge is -2.32. The molecule has 148 valence electrons. The molecule has 0 radical (unpaired) electrons. The van der Waals surface area contributed by atoms with E-state index in [1.165, 1.54) is 11.2 Å². The number of rotatable bonds is 2. The topological polar surface area (TPSA) is 101 Å². The van der Waals surface area contributed by atoms with Crippen molar-refractivity contribution in [1.82, 2.24) is 24.8 Å². The summed E-state index contributed by atoms with van der Waals surface area (Å²) >= 11 is 0. The number of amides is 1. The molecule has 0 aliphatic carbocycles. The van der Waals surface area contributed by atoms with Crippen LogP contribution in [0.4, 0.5) is 13.2 Å². The second-order valence-electron chi connectivity index (χ2n) is 6.47. The molecule has 1 atom stereocenters. The van der Waals surface area contributed by atoms with E-state index in [1.807, 2.05) is 0 Å². The van der Waals surface area contributed by atoms with Crippen LogP contribution in [0.5, 0.6) is 0 Å². The molecule has 1 aliphatic rings. The summed E-state index contributed by atoms with van der Waals surface area (Å²) in [6, 6.07) is 6.09. The zero-order valence-corrected chi connectivity index (χ0v) is 14.6. The van der Waals surface area contributed by atoms with E-state index in [4.69, 9.17) is 8.83 Å². The number of hydrogen-bond donors (Lipinski definition) is 1. The third kappa shape index (κ3) is 2.77. The van der Waals surface area contributed by atoms with E-state index < -0.39 is 29.6 Å². The summed E-state index contributed by atoms with van der Waals surface area (Å²) < 4.78 is 50.3. The number of carbonyl (C=O) groups is 1. The number of aromatic nitrogens is 4. The van der Waals surface area contributed by atoms with E-state index in [-0.39, 0.29) is 12.4 Å². The van der Waals surface area contributed by atoms with E-state index in [1.54, 1.807) is 24.3 Å². The number of benzene rings is 1. The van der Waals surface area contributed by atoms with Crippen molar-refractivity contribution in [2.45, 2.75) is 18.6 Å². The number of carbonyl (C=O) groups excluding carboxylic acids is 1. The largest absolute Gasteiger partial charge is 0.438 e. The molecule has 29 heavy (non-hydrogen) atoms. The number of imidazole rings is 1. The minimum atomic E-state index is -4.82. The molecular weight excluding hydrogens is 391 g/mol. The van der Waals surface area contributed by atoms with Gasteiger partial charge in [0.05, 0.1) is 12.0 Å². The highest BCUT2D eigenvalue weighted by molar-refractivity contribution is 5.93. The molecule has 1 N–H and O–H groups in total. The van der Waals surface area contributed by atoms with Crippen molar-refractivity contribution in [2.24, 2.45) is 0 Å². The number of oxazole rings is 2. The summed E-state index contributed by atoms with van der Waals surface area (Å²) in [5.41, 5.74) is 0.909. The van der Waals surface area contributed by atoms with Crippen LogP contribution in [0.2, 0.25) is 0 Å². The first-order chi connectivity index (χ1) is 13.9. The lowest BCUT2D eigenvalue weighted by Crippen LogP contribution is -2.41. The van der Waals surface area contributed by atoms with Crippen LogP contribution in [0.25, 0.3) is 11.1 Å². The fourth-order valence-electron chi connectivity index (χ4n) is 3.48. The molecule has 0 bridgehead atoms. The lowest BCUT2D eigenvalue weighted by molar-refractivity contribution is -0.141. The zero-order valence-electron chi connectivity index (χ0n) is 14.6. The number of hydrogen-bond acceptors (Lipinski definition) is 6. The van der Waals surface area contributed by atoms with Gasteiger partial charge >= 0.3 is 6.18 Å². The monoisotopic (exact) mass is 403 g/mol. The number of nitrogens with one attached hydrogen (secondary N) is 1. The highest BCUT2D eigenvalue weighted by Crippen LogP contribution is 2.37. The van der Waals surface area contributed by atoms with Crippen molar-refractivity contribution in [3.63, 3.8) is 0 Å². The molecule has 5 rings (SSSR count). The molecule has 11 heteroatoms. The maximum atomic E-state index is 13.2. The quantitative estimate of drug-likeness (QED) is 0.551. The zero-order chi connectivity index (χ0) is 20.2. The van der Waals surface area contributed by atoms with Crippen LogP contribution < -0.4 is 0 Å². The second-order valence-corrected chi connectivity index (χ2v) is 6.47. The fourth-order valence-corrected chi connectivity index (χ4v) is 3.48. The van der Waals surface area contributed by atoms with Gasteiger partial charge in [-0.15, -0.1) is 0 Å². The van der Waals surface area contributed by atoms with Crippen LogP contribution >= 0.6 is 0 Å². The molecule has 0 spiro atoms. The number of para-hydroxylation sites is 2. The van der Waals surface area contributed by atoms with Gasteiger partial charge in [0.1, 0.15) is 5.52 Å². The minimum Gasteiger partial charge on any atom is -0.438 e. The first kappa shape index (κ1) is 17.5. The maximum Gasteiger partial charge on any atom is 0.437 e. The Morgan fingerprint density at radius 3 is 2.86 bits per heavy atom. The van der Waals surface area contributed by atoms with Crippen LogP contribution in [-0.2, 0) is 12.6 Å². The summed E-state index contributed by atoms with van der Waals surface area (Å²) in [6.45, 7) is 0.120. The van der Waals surface area contributed by atoms with E-state index in [9.17, 15) is 18.0 Å². The Bertz CT molecular complexity index is 1180. The predicted molar refractivity (Wildman–Crippen MR) is 90.7 cm³/mol. The van der Waals surface area contributed by atoms with Gasteiger partial charge in [-0.05, 0) is 12.1 Å². The smallest absolute Gasteiger partial charge is 0.437 e. The molecule has 8 nitrogen and oxygen atoms in total. The lowest BCUT2D eigenvalue weighted by atomic mass is 10.0. The van der Waals surface area contributed by atoms with Gasteiger partial charge in [0.25, 0.3) is 5.91 Å². The van der Waals surface area contributed by atoms with Gasteiger partial charge in [-0.2, -0.15) is 13.2 Å². The van der Waals surface area contributed by atoms with Crippen molar-refractivity contribution >= 4 is 17.0 Å². The Kier molecular flexibility index (Phi) is 3.73. The molecule has 3 aromatic heterocycles. The summed E-state index contributed by atoms with van der Waals surface area (Å²) in [6.07, 6.45) is -2.37. The highest BCUT2D eigenvalue weighted by Gasteiger charge is 2.44. The first-order valence-electron chi connectivity index (χ1n) is 8.62. The molecule has 1 aliphatic heterocycles. The summed E-state index contributed by atoms with van der Waals surface area (Å²) in [4.78, 5) is 29.1. The van der Waals surface area contributed by atoms with Gasteiger partial charge in [-0.1, -0.05) is 12.1 Å². The normalized spacial score (nSPS) is 16.9.